The van der Waals surface area contributed by atoms with Crippen molar-refractivity contribution in [2.75, 3.05) is 0 Å². The normalized spacial score (nSPS) is 9.50. The first-order valence-electron chi connectivity index (χ1n) is 0.617. The molecule has 0 radical (unpaired) electrons. The van der Waals surface area contributed by atoms with Crippen LogP contribution < -0.4 is 62.0 Å². The van der Waals surface area contributed by atoms with Crippen LogP contribution in [0.25, 0.3) is 0 Å². The average Bonchev–Trinajstić information content (AvgIpc) is 0.722. The monoisotopic (exact) mass is 336 g/mol. The van der Waals surface area contributed by atoms with Crippen LogP contribution in [0.4, 0.5) is 0 Å². The van der Waals surface area contributed by atoms with E-state index in [-0.39, 0.29) is 58.2 Å². The molecule has 0 rings (SSSR count). The second kappa shape index (κ2) is 3.78. The van der Waals surface area contributed by atoms with E-state index in [1.54, 1.807) is 0 Å². The van der Waals surface area contributed by atoms with Crippen LogP contribution in [0.5, 0.6) is 0 Å². The Bertz CT molecular complexity index is 129. The Morgan fingerprint density at radius 3 is 1.17 bits per heavy atom. The van der Waals surface area contributed by atoms with E-state index in [1.165, 1.54) is 0 Å². The molecule has 0 aromatic heterocycles. The van der Waals surface area contributed by atoms with Gasteiger partial charge < -0.3 is 0 Å². The van der Waals surface area contributed by atoms with E-state index in [9.17, 15) is 0 Å². The average molecular weight is 336 g/mol. The molecule has 0 atom stereocenters. The SMILES string of the molecule is [O]=[Re](=[O])(=[O])[O-].[Rb+]. The van der Waals surface area contributed by atoms with Crippen molar-refractivity contribution >= 4 is 0 Å². The standard InChI is InChI=1S/4O.Rb.Re/q;;;-1;+1;. The number of hydrogen-bond acceptors (Lipinski definition) is 4. The third-order valence-corrected chi connectivity index (χ3v) is 0. The van der Waals surface area contributed by atoms with Crippen LogP contribution in [0, 0.1) is 0 Å². The molecule has 0 amide bonds. The second-order valence-electron chi connectivity index (χ2n) is 0.378. The van der Waals surface area contributed by atoms with Crippen molar-refractivity contribution in [3.05, 3.63) is 0 Å². The van der Waals surface area contributed by atoms with Gasteiger partial charge in [-0.05, 0) is 0 Å². The van der Waals surface area contributed by atoms with E-state index in [1.807, 2.05) is 0 Å². The molecule has 0 unspecified atom stereocenters. The Balaban J connectivity index is 0. The van der Waals surface area contributed by atoms with Crippen LogP contribution in [0.1, 0.15) is 0 Å². The van der Waals surface area contributed by atoms with Gasteiger partial charge in [0, 0.05) is 0 Å². The Hall–Kier alpha value is 1.83. The van der Waals surface area contributed by atoms with Gasteiger partial charge in [-0.25, -0.2) is 0 Å². The van der Waals surface area contributed by atoms with E-state index in [0.29, 0.717) is 0 Å². The van der Waals surface area contributed by atoms with Gasteiger partial charge in [0.25, 0.3) is 0 Å². The minimum absolute atomic E-state index is 0. The fraction of sp³-hybridized carbons (Fsp3) is 0. The summed E-state index contributed by atoms with van der Waals surface area (Å²) >= 11 is -6.11. The predicted octanol–water partition coefficient (Wildman–Crippen LogP) is -4.54. The minimum atomic E-state index is -6.11. The zero-order valence-corrected chi connectivity index (χ0v) is 10.6. The molecule has 0 heterocycles. The van der Waals surface area contributed by atoms with Crippen molar-refractivity contribution in [1.29, 1.82) is 0 Å². The topological polar surface area (TPSA) is 74.3 Å². The summed E-state index contributed by atoms with van der Waals surface area (Å²) in [5.74, 6) is 0. The third kappa shape index (κ3) is 40.7. The molecule has 0 aliphatic rings. The van der Waals surface area contributed by atoms with E-state index in [0.717, 1.165) is 0 Å². The van der Waals surface area contributed by atoms with E-state index in [4.69, 9.17) is 14.2 Å². The van der Waals surface area contributed by atoms with E-state index in [2.05, 4.69) is 0 Å². The maximum atomic E-state index is 8.64. The maximum absolute atomic E-state index is 8.64. The van der Waals surface area contributed by atoms with Gasteiger partial charge in [0.2, 0.25) is 0 Å². The van der Waals surface area contributed by atoms with Gasteiger partial charge in [0.1, 0.15) is 0 Å². The molecule has 0 saturated carbocycles. The first-order valence-corrected chi connectivity index (χ1v) is 5.05. The number of hydrogen-bond donors (Lipinski definition) is 0. The largest absolute Gasteiger partial charge is 1.00 e. The summed E-state index contributed by atoms with van der Waals surface area (Å²) in [7, 11) is 0. The molecule has 0 bridgehead atoms. The van der Waals surface area contributed by atoms with Crippen molar-refractivity contribution in [3.63, 3.8) is 0 Å². The Morgan fingerprint density at radius 2 is 1.17 bits per heavy atom. The molecule has 0 N–H and O–H groups in total. The van der Waals surface area contributed by atoms with Crippen LogP contribution in [-0.2, 0) is 26.2 Å². The van der Waals surface area contributed by atoms with Gasteiger partial charge in [-0.1, -0.05) is 0 Å². The summed E-state index contributed by atoms with van der Waals surface area (Å²) in [5.41, 5.74) is 0. The summed E-state index contributed by atoms with van der Waals surface area (Å²) in [4.78, 5) is 0. The zero-order chi connectivity index (χ0) is 4.50. The van der Waals surface area contributed by atoms with Crippen LogP contribution in [0.15, 0.2) is 0 Å². The molecule has 4 nitrogen and oxygen atoms in total. The fourth-order valence-electron chi connectivity index (χ4n) is 0. The molecule has 0 aliphatic carbocycles. The van der Waals surface area contributed by atoms with Crippen LogP contribution >= 0.6 is 0 Å². The summed E-state index contributed by atoms with van der Waals surface area (Å²) < 4.78 is 34.6. The molecular formula is O4RbRe. The quantitative estimate of drug-likeness (QED) is 0.447. The molecule has 0 aromatic carbocycles. The molecule has 32 valence electrons. The molecule has 0 fully saturated rings. The van der Waals surface area contributed by atoms with Crippen molar-refractivity contribution in [2.45, 2.75) is 0 Å². The van der Waals surface area contributed by atoms with Gasteiger partial charge in [0.15, 0.2) is 0 Å². The van der Waals surface area contributed by atoms with Gasteiger partial charge >= 0.3 is 88.2 Å². The van der Waals surface area contributed by atoms with Crippen LogP contribution in [0.3, 0.4) is 0 Å². The second-order valence-corrected chi connectivity index (χ2v) is 3.09. The van der Waals surface area contributed by atoms with Crippen LogP contribution in [0.2, 0.25) is 0 Å². The van der Waals surface area contributed by atoms with Crippen LogP contribution in [-0.4, -0.2) is 0 Å². The van der Waals surface area contributed by atoms with E-state index >= 15 is 0 Å². The molecule has 0 aromatic rings. The minimum Gasteiger partial charge on any atom is 1.00 e. The zero-order valence-electron chi connectivity index (χ0n) is 3.01. The van der Waals surface area contributed by atoms with Gasteiger partial charge in [-0.3, -0.25) is 0 Å². The summed E-state index contributed by atoms with van der Waals surface area (Å²) in [5, 5.41) is 0. The van der Waals surface area contributed by atoms with Gasteiger partial charge in [-0.15, -0.1) is 0 Å². The van der Waals surface area contributed by atoms with E-state index < -0.39 is 15.8 Å². The van der Waals surface area contributed by atoms with Gasteiger partial charge in [-0.2, -0.15) is 0 Å². The Labute approximate surface area is 86.1 Å². The molecule has 6 heavy (non-hydrogen) atoms. The predicted molar refractivity (Wildman–Crippen MR) is 2.06 cm³/mol. The summed E-state index contributed by atoms with van der Waals surface area (Å²) in [6.45, 7) is 0. The molecule has 0 aliphatic heterocycles. The molecular weight excluding hydrogens is 336 g/mol. The smallest absolute Gasteiger partial charge is 1.00 e. The van der Waals surface area contributed by atoms with Crippen molar-refractivity contribution < 1.29 is 88.2 Å². The Morgan fingerprint density at radius 1 is 1.17 bits per heavy atom. The Kier molecular flexibility index (Phi) is 6.78. The number of rotatable bonds is 0. The fourth-order valence-corrected chi connectivity index (χ4v) is 0. The van der Waals surface area contributed by atoms with Crippen molar-refractivity contribution in [2.24, 2.45) is 0 Å². The third-order valence-electron chi connectivity index (χ3n) is 0. The molecule has 6 heteroatoms. The first-order chi connectivity index (χ1) is 2.00. The van der Waals surface area contributed by atoms with Crippen molar-refractivity contribution in [3.8, 4) is 0 Å². The molecule has 0 spiro atoms. The molecule has 0 saturated heterocycles. The van der Waals surface area contributed by atoms with Crippen molar-refractivity contribution in [1.82, 2.24) is 0 Å². The van der Waals surface area contributed by atoms with Gasteiger partial charge in [0.05, 0.1) is 0 Å². The summed E-state index contributed by atoms with van der Waals surface area (Å²) in [6, 6.07) is 0. The maximum Gasteiger partial charge on any atom is 1.00 e. The first kappa shape index (κ1) is 10.7. The summed E-state index contributed by atoms with van der Waals surface area (Å²) in [6.07, 6.45) is 0.